The van der Waals surface area contributed by atoms with E-state index in [1.54, 1.807) is 19.2 Å². The summed E-state index contributed by atoms with van der Waals surface area (Å²) in [6.07, 6.45) is 1.46. The van der Waals surface area contributed by atoms with Crippen molar-refractivity contribution in [2.45, 2.75) is 36.1 Å². The molecule has 2 fully saturated rings. The number of nitrogen functional groups attached to an aromatic ring is 1. The molecule has 2 aliphatic heterocycles. The van der Waals surface area contributed by atoms with Crippen LogP contribution in [-0.4, -0.2) is 62.2 Å². The van der Waals surface area contributed by atoms with Crippen LogP contribution < -0.4 is 45.7 Å². The molecule has 2 saturated heterocycles. The van der Waals surface area contributed by atoms with Crippen molar-refractivity contribution in [3.05, 3.63) is 23.7 Å². The fourth-order valence-corrected chi connectivity index (χ4v) is 5.26. The SMILES string of the molecule is C=CCO/N=C(\C(=O)N[C@H]1C(=O)N2[C@@H]1SC(C)(C)[C@@H]2C(=O)[O-])c1csc(N)n1.[Na+]. The maximum atomic E-state index is 12.7. The van der Waals surface area contributed by atoms with E-state index >= 15 is 0 Å². The minimum atomic E-state index is -1.32. The number of carbonyl (C=O) groups is 3. The zero-order chi connectivity index (χ0) is 20.6. The van der Waals surface area contributed by atoms with Crippen molar-refractivity contribution in [2.75, 3.05) is 12.3 Å². The molecule has 0 spiro atoms. The summed E-state index contributed by atoms with van der Waals surface area (Å²) in [4.78, 5) is 46.9. The average Bonchev–Trinajstić information content (AvgIpc) is 3.15. The number of β-lactam (4-membered cyclic amide) rings is 1. The quantitative estimate of drug-likeness (QED) is 0.107. The van der Waals surface area contributed by atoms with Crippen LogP contribution in [0.15, 0.2) is 23.2 Å². The van der Waals surface area contributed by atoms with E-state index in [-0.39, 0.29) is 52.7 Å². The first kappa shape index (κ1) is 23.7. The van der Waals surface area contributed by atoms with Gasteiger partial charge in [0, 0.05) is 10.1 Å². The van der Waals surface area contributed by atoms with E-state index in [0.29, 0.717) is 0 Å². The van der Waals surface area contributed by atoms with E-state index in [4.69, 9.17) is 10.6 Å². The Bertz CT molecular complexity index is 874. The molecule has 2 aliphatic rings. The number of carboxylic acid groups (broad SMARTS) is 1. The Balaban J connectivity index is 0.00000300. The van der Waals surface area contributed by atoms with Crippen molar-refractivity contribution in [1.82, 2.24) is 15.2 Å². The second-order valence-corrected chi connectivity index (χ2v) is 9.29. The standard InChI is InChI=1S/C16H19N5O5S2.Na/c1-4-5-26-20-8(7-6-27-15(17)18-7)11(22)19-9-12(23)21-10(14(24)25)16(2,3)28-13(9)21;/h4,6,9-10,13H,1,5H2,2-3H3,(H2,17,18)(H,19,22)(H,24,25);/q;+1/p-1/b20-8-;/t9-,10-,13+;/m0./s1. The van der Waals surface area contributed by atoms with Gasteiger partial charge in [0.15, 0.2) is 10.8 Å². The minimum Gasteiger partial charge on any atom is -0.548 e. The summed E-state index contributed by atoms with van der Waals surface area (Å²) >= 11 is 2.42. The van der Waals surface area contributed by atoms with Crippen LogP contribution in [0, 0.1) is 0 Å². The molecule has 3 N–H and O–H groups in total. The third kappa shape index (κ3) is 4.45. The number of aromatic nitrogens is 1. The maximum absolute atomic E-state index is 12.7. The molecule has 0 aliphatic carbocycles. The van der Waals surface area contributed by atoms with E-state index in [2.05, 4.69) is 22.0 Å². The van der Waals surface area contributed by atoms with E-state index in [9.17, 15) is 19.5 Å². The van der Waals surface area contributed by atoms with Crippen LogP contribution in [-0.2, 0) is 19.2 Å². The van der Waals surface area contributed by atoms with Crippen molar-refractivity contribution >= 4 is 51.7 Å². The maximum Gasteiger partial charge on any atom is 1.00 e. The van der Waals surface area contributed by atoms with Crippen LogP contribution in [0.5, 0.6) is 0 Å². The molecule has 0 aromatic carbocycles. The number of hydrogen-bond donors (Lipinski definition) is 2. The van der Waals surface area contributed by atoms with Crippen molar-refractivity contribution in [2.24, 2.45) is 5.16 Å². The molecule has 10 nitrogen and oxygen atoms in total. The number of rotatable bonds is 7. The molecule has 3 rings (SSSR count). The molecule has 13 heteroatoms. The molecular weight excluding hydrogens is 429 g/mol. The number of thiazole rings is 1. The van der Waals surface area contributed by atoms with Gasteiger partial charge in [-0.1, -0.05) is 17.8 Å². The third-order valence-corrected chi connectivity index (χ3v) is 6.52. The van der Waals surface area contributed by atoms with Gasteiger partial charge in [0.2, 0.25) is 5.91 Å². The van der Waals surface area contributed by atoms with E-state index in [0.717, 1.165) is 11.3 Å². The number of nitrogens with two attached hydrogens (primary N) is 1. The number of anilines is 1. The van der Waals surface area contributed by atoms with Crippen molar-refractivity contribution in [3.8, 4) is 0 Å². The average molecular weight is 447 g/mol. The number of oxime groups is 1. The number of amides is 2. The molecule has 0 bridgehead atoms. The van der Waals surface area contributed by atoms with Gasteiger partial charge in [-0.3, -0.25) is 9.59 Å². The van der Waals surface area contributed by atoms with Crippen molar-refractivity contribution < 1.29 is 53.9 Å². The largest absolute Gasteiger partial charge is 1.00 e. The number of aliphatic carboxylic acids is 1. The second kappa shape index (κ2) is 9.04. The van der Waals surface area contributed by atoms with Crippen molar-refractivity contribution in [3.63, 3.8) is 0 Å². The van der Waals surface area contributed by atoms with Gasteiger partial charge in [0.05, 0.1) is 12.0 Å². The molecular formula is C16H18N5NaO5S2. The number of nitrogens with one attached hydrogen (secondary N) is 1. The van der Waals surface area contributed by atoms with Gasteiger partial charge in [-0.15, -0.1) is 23.1 Å². The number of thioether (sulfide) groups is 1. The first-order valence-electron chi connectivity index (χ1n) is 8.21. The molecule has 29 heavy (non-hydrogen) atoms. The summed E-state index contributed by atoms with van der Waals surface area (Å²) < 4.78 is -0.744. The molecule has 3 heterocycles. The molecule has 1 aromatic rings. The fourth-order valence-electron chi connectivity index (χ4n) is 3.09. The number of fused-ring (bicyclic) bond motifs is 1. The number of hydrogen-bond acceptors (Lipinski definition) is 10. The zero-order valence-corrected chi connectivity index (χ0v) is 19.7. The Morgan fingerprint density at radius 1 is 1.55 bits per heavy atom. The summed E-state index contributed by atoms with van der Waals surface area (Å²) in [6.45, 7) is 7.01. The third-order valence-electron chi connectivity index (χ3n) is 4.28. The smallest absolute Gasteiger partial charge is 0.548 e. The topological polar surface area (TPSA) is 150 Å². The summed E-state index contributed by atoms with van der Waals surface area (Å²) in [7, 11) is 0. The zero-order valence-electron chi connectivity index (χ0n) is 16.1. The van der Waals surface area contributed by atoms with Gasteiger partial charge in [-0.2, -0.15) is 0 Å². The number of carbonyl (C=O) groups excluding carboxylic acids is 3. The molecule has 0 unspecified atom stereocenters. The van der Waals surface area contributed by atoms with Gasteiger partial charge in [-0.25, -0.2) is 4.98 Å². The fraction of sp³-hybridized carbons (Fsp3) is 0.438. The predicted octanol–water partition coefficient (Wildman–Crippen LogP) is -4.07. The monoisotopic (exact) mass is 447 g/mol. The second-order valence-electron chi connectivity index (χ2n) is 6.63. The summed E-state index contributed by atoms with van der Waals surface area (Å²) in [5.41, 5.74) is 5.68. The normalized spacial score (nSPS) is 24.8. The summed E-state index contributed by atoms with van der Waals surface area (Å²) in [5, 5.41) is 19.1. The first-order valence-corrected chi connectivity index (χ1v) is 9.97. The van der Waals surface area contributed by atoms with Crippen LogP contribution >= 0.6 is 23.1 Å². The molecule has 0 radical (unpaired) electrons. The molecule has 150 valence electrons. The Kier molecular flexibility index (Phi) is 7.38. The molecule has 1 aromatic heterocycles. The predicted molar refractivity (Wildman–Crippen MR) is 102 cm³/mol. The number of carboxylic acids is 1. The van der Waals surface area contributed by atoms with Crippen LogP contribution in [0.25, 0.3) is 0 Å². The summed E-state index contributed by atoms with van der Waals surface area (Å²) in [6, 6.07) is -1.95. The Hall–Kier alpha value is -1.60. The van der Waals surface area contributed by atoms with Crippen LogP contribution in [0.2, 0.25) is 0 Å². The van der Waals surface area contributed by atoms with Gasteiger partial charge in [-0.05, 0) is 13.8 Å². The number of nitrogens with zero attached hydrogens (tertiary/aromatic N) is 3. The van der Waals surface area contributed by atoms with Crippen LogP contribution in [0.3, 0.4) is 0 Å². The minimum absolute atomic E-state index is 0. The van der Waals surface area contributed by atoms with Crippen LogP contribution in [0.1, 0.15) is 19.5 Å². The molecule has 2 amide bonds. The van der Waals surface area contributed by atoms with Crippen molar-refractivity contribution in [1.29, 1.82) is 0 Å². The first-order chi connectivity index (χ1) is 13.2. The van der Waals surface area contributed by atoms with Crippen LogP contribution in [0.4, 0.5) is 5.13 Å². The van der Waals surface area contributed by atoms with Gasteiger partial charge in [0.1, 0.15) is 23.7 Å². The van der Waals surface area contributed by atoms with Gasteiger partial charge < -0.3 is 30.7 Å². The van der Waals surface area contributed by atoms with Gasteiger partial charge >= 0.3 is 29.6 Å². The molecule has 3 atom stereocenters. The summed E-state index contributed by atoms with van der Waals surface area (Å²) in [5.74, 6) is -2.49. The van der Waals surface area contributed by atoms with Gasteiger partial charge in [0.25, 0.3) is 5.91 Å². The van der Waals surface area contributed by atoms with E-state index in [1.165, 1.54) is 22.7 Å². The van der Waals surface area contributed by atoms with E-state index in [1.807, 2.05) is 0 Å². The molecule has 0 saturated carbocycles. The Morgan fingerprint density at radius 3 is 2.79 bits per heavy atom. The Morgan fingerprint density at radius 2 is 2.24 bits per heavy atom. The van der Waals surface area contributed by atoms with E-state index < -0.39 is 40.0 Å². The Labute approximate surface area is 197 Å².